The van der Waals surface area contributed by atoms with E-state index in [0.717, 1.165) is 6.07 Å². The van der Waals surface area contributed by atoms with Gasteiger partial charge in [0.05, 0.1) is 23.2 Å². The molecule has 0 spiro atoms. The number of carbonyl (C=O) groups excluding carboxylic acids is 1. The molecule has 1 saturated heterocycles. The predicted molar refractivity (Wildman–Crippen MR) is 117 cm³/mol. The molecule has 1 fully saturated rings. The number of sulfonamides is 1. The molecule has 6 nitrogen and oxygen atoms in total. The predicted octanol–water partition coefficient (Wildman–Crippen LogP) is 3.46. The van der Waals surface area contributed by atoms with Gasteiger partial charge in [0.2, 0.25) is 10.0 Å². The van der Waals surface area contributed by atoms with Gasteiger partial charge in [0.1, 0.15) is 11.6 Å². The summed E-state index contributed by atoms with van der Waals surface area (Å²) in [4.78, 5) is 14.4. The summed E-state index contributed by atoms with van der Waals surface area (Å²) in [6.45, 7) is 6.19. The van der Waals surface area contributed by atoms with Crippen molar-refractivity contribution in [1.29, 1.82) is 0 Å². The van der Waals surface area contributed by atoms with Crippen molar-refractivity contribution in [2.75, 3.05) is 32.8 Å². The average molecular weight is 467 g/mol. The molecule has 1 heterocycles. The van der Waals surface area contributed by atoms with Crippen molar-refractivity contribution in [2.24, 2.45) is 5.92 Å². The van der Waals surface area contributed by atoms with E-state index >= 15 is 0 Å². The number of benzene rings is 2. The van der Waals surface area contributed by atoms with Gasteiger partial charge in [-0.3, -0.25) is 4.79 Å². The van der Waals surface area contributed by atoms with Crippen LogP contribution in [0.2, 0.25) is 0 Å². The van der Waals surface area contributed by atoms with Gasteiger partial charge in [-0.2, -0.15) is 4.31 Å². The fourth-order valence-corrected chi connectivity index (χ4v) is 5.10. The molecule has 174 valence electrons. The van der Waals surface area contributed by atoms with Gasteiger partial charge in [-0.25, -0.2) is 17.2 Å². The van der Waals surface area contributed by atoms with Crippen molar-refractivity contribution in [3.63, 3.8) is 0 Å². The minimum Gasteiger partial charge on any atom is -0.374 e. The van der Waals surface area contributed by atoms with Crippen LogP contribution in [0.25, 0.3) is 0 Å². The number of ether oxygens (including phenoxy) is 1. The standard InChI is InChI=1S/C23H28F2N2O4S/c1-16(2)13-26(23(28)20-6-4-5-7-21(20)24)14-18-15-27(10-11-31-18)32(29,30)19-9-8-17(3)22(25)12-19/h4-9,12,16,18H,10-11,13-15H2,1-3H3. The lowest BCUT2D eigenvalue weighted by Gasteiger charge is -2.35. The highest BCUT2D eigenvalue weighted by atomic mass is 32.2. The molecule has 32 heavy (non-hydrogen) atoms. The van der Waals surface area contributed by atoms with E-state index < -0.39 is 33.7 Å². The Kier molecular flexibility index (Phi) is 7.63. The lowest BCUT2D eigenvalue weighted by molar-refractivity contribution is -0.0186. The van der Waals surface area contributed by atoms with Crippen molar-refractivity contribution >= 4 is 15.9 Å². The molecule has 1 aliphatic heterocycles. The largest absolute Gasteiger partial charge is 0.374 e. The van der Waals surface area contributed by atoms with Crippen molar-refractivity contribution < 1.29 is 26.7 Å². The molecule has 2 aromatic rings. The highest BCUT2D eigenvalue weighted by Gasteiger charge is 2.33. The van der Waals surface area contributed by atoms with Crippen molar-refractivity contribution in [2.45, 2.75) is 31.8 Å². The fraction of sp³-hybridized carbons (Fsp3) is 0.435. The quantitative estimate of drug-likeness (QED) is 0.627. The third kappa shape index (κ3) is 5.51. The monoisotopic (exact) mass is 466 g/mol. The maximum Gasteiger partial charge on any atom is 0.256 e. The lowest BCUT2D eigenvalue weighted by atomic mass is 10.1. The van der Waals surface area contributed by atoms with Gasteiger partial charge in [0.25, 0.3) is 5.91 Å². The molecule has 1 unspecified atom stereocenters. The van der Waals surface area contributed by atoms with E-state index in [-0.39, 0.29) is 42.6 Å². The minimum absolute atomic E-state index is 0.0109. The Morgan fingerprint density at radius 2 is 1.91 bits per heavy atom. The number of nitrogens with zero attached hydrogens (tertiary/aromatic N) is 2. The zero-order chi connectivity index (χ0) is 23.5. The first-order valence-corrected chi connectivity index (χ1v) is 11.9. The van der Waals surface area contributed by atoms with E-state index in [0.29, 0.717) is 12.1 Å². The van der Waals surface area contributed by atoms with E-state index in [1.807, 2.05) is 13.8 Å². The van der Waals surface area contributed by atoms with Crippen LogP contribution in [0.4, 0.5) is 8.78 Å². The topological polar surface area (TPSA) is 66.9 Å². The molecule has 9 heteroatoms. The number of morpholine rings is 1. The van der Waals surface area contributed by atoms with Crippen molar-refractivity contribution in [3.05, 3.63) is 65.2 Å². The molecular weight excluding hydrogens is 438 g/mol. The molecule has 1 atom stereocenters. The lowest BCUT2D eigenvalue weighted by Crippen LogP contribution is -2.51. The van der Waals surface area contributed by atoms with Crippen molar-refractivity contribution in [3.8, 4) is 0 Å². The van der Waals surface area contributed by atoms with E-state index in [1.165, 1.54) is 39.5 Å². The summed E-state index contributed by atoms with van der Waals surface area (Å²) >= 11 is 0. The maximum absolute atomic E-state index is 14.2. The SMILES string of the molecule is Cc1ccc(S(=O)(=O)N2CCOC(CN(CC(C)C)C(=O)c3ccccc3F)C2)cc1F. The zero-order valence-corrected chi connectivity index (χ0v) is 19.2. The highest BCUT2D eigenvalue weighted by molar-refractivity contribution is 7.89. The van der Waals surface area contributed by atoms with Crippen LogP contribution in [-0.4, -0.2) is 62.4 Å². The van der Waals surface area contributed by atoms with Gasteiger partial charge in [-0.1, -0.05) is 32.0 Å². The molecule has 3 rings (SSSR count). The van der Waals surface area contributed by atoms with E-state index in [2.05, 4.69) is 0 Å². The number of rotatable bonds is 7. The minimum atomic E-state index is -3.92. The van der Waals surface area contributed by atoms with Crippen LogP contribution in [0.1, 0.15) is 29.8 Å². The van der Waals surface area contributed by atoms with E-state index in [9.17, 15) is 22.0 Å². The normalized spacial score (nSPS) is 17.5. The van der Waals surface area contributed by atoms with Crippen LogP contribution in [0.5, 0.6) is 0 Å². The molecule has 0 aliphatic carbocycles. The van der Waals surface area contributed by atoms with Crippen LogP contribution in [0, 0.1) is 24.5 Å². The number of halogens is 2. The Morgan fingerprint density at radius 3 is 2.56 bits per heavy atom. The fourth-order valence-electron chi connectivity index (χ4n) is 3.64. The molecule has 0 saturated carbocycles. The number of amides is 1. The highest BCUT2D eigenvalue weighted by Crippen LogP contribution is 2.22. The number of carbonyl (C=O) groups is 1. The van der Waals surface area contributed by atoms with Crippen LogP contribution in [0.15, 0.2) is 47.4 Å². The molecule has 0 aromatic heterocycles. The van der Waals surface area contributed by atoms with Gasteiger partial charge < -0.3 is 9.64 Å². The second-order valence-corrected chi connectivity index (χ2v) is 10.3. The van der Waals surface area contributed by atoms with Crippen LogP contribution in [-0.2, 0) is 14.8 Å². The Hall–Kier alpha value is -2.36. The van der Waals surface area contributed by atoms with E-state index in [4.69, 9.17) is 4.74 Å². The number of aryl methyl sites for hydroxylation is 1. The van der Waals surface area contributed by atoms with Crippen molar-refractivity contribution in [1.82, 2.24) is 9.21 Å². The summed E-state index contributed by atoms with van der Waals surface area (Å²) in [5, 5.41) is 0. The van der Waals surface area contributed by atoms with Gasteiger partial charge in [0.15, 0.2) is 0 Å². The second kappa shape index (κ2) is 10.1. The zero-order valence-electron chi connectivity index (χ0n) is 18.4. The molecule has 1 aliphatic rings. The molecule has 0 bridgehead atoms. The molecule has 0 N–H and O–H groups in total. The van der Waals surface area contributed by atoms with Crippen LogP contribution >= 0.6 is 0 Å². The van der Waals surface area contributed by atoms with Gasteiger partial charge in [-0.05, 0) is 42.7 Å². The first-order valence-electron chi connectivity index (χ1n) is 10.5. The summed E-state index contributed by atoms with van der Waals surface area (Å²) in [5.74, 6) is -1.55. The summed E-state index contributed by atoms with van der Waals surface area (Å²) < 4.78 is 61.2. The van der Waals surface area contributed by atoms with Gasteiger partial charge in [-0.15, -0.1) is 0 Å². The smallest absolute Gasteiger partial charge is 0.256 e. The molecule has 2 aromatic carbocycles. The summed E-state index contributed by atoms with van der Waals surface area (Å²) in [5.41, 5.74) is 0.323. The van der Waals surface area contributed by atoms with Crippen LogP contribution in [0.3, 0.4) is 0 Å². The third-order valence-electron chi connectivity index (χ3n) is 5.28. The van der Waals surface area contributed by atoms with Gasteiger partial charge >= 0.3 is 0 Å². The second-order valence-electron chi connectivity index (χ2n) is 8.35. The first-order chi connectivity index (χ1) is 15.1. The maximum atomic E-state index is 14.2. The van der Waals surface area contributed by atoms with Gasteiger partial charge in [0, 0.05) is 26.2 Å². The number of hydrogen-bond acceptors (Lipinski definition) is 4. The Morgan fingerprint density at radius 1 is 1.19 bits per heavy atom. The average Bonchev–Trinajstić information content (AvgIpc) is 2.75. The summed E-state index contributed by atoms with van der Waals surface area (Å²) in [6.07, 6.45) is -0.594. The third-order valence-corrected chi connectivity index (χ3v) is 7.14. The number of hydrogen-bond donors (Lipinski definition) is 0. The Bertz CT molecular complexity index is 1080. The first kappa shape index (κ1) is 24.3. The molecular formula is C23H28F2N2O4S. The Labute approximate surface area is 187 Å². The Balaban J connectivity index is 1.78. The summed E-state index contributed by atoms with van der Waals surface area (Å²) in [7, 11) is -3.92. The molecule has 1 amide bonds. The molecule has 0 radical (unpaired) electrons. The van der Waals surface area contributed by atoms with E-state index in [1.54, 1.807) is 13.0 Å². The van der Waals surface area contributed by atoms with Crippen LogP contribution < -0.4 is 0 Å². The summed E-state index contributed by atoms with van der Waals surface area (Å²) in [6, 6.07) is 9.59.